The van der Waals surface area contributed by atoms with Gasteiger partial charge in [0.2, 0.25) is 0 Å². The van der Waals surface area contributed by atoms with Crippen LogP contribution in [0.1, 0.15) is 33.4 Å². The number of esters is 4. The van der Waals surface area contributed by atoms with E-state index in [9.17, 15) is 19.2 Å². The van der Waals surface area contributed by atoms with Gasteiger partial charge < -0.3 is 18.9 Å². The number of aryl methyl sites for hydroxylation is 2. The summed E-state index contributed by atoms with van der Waals surface area (Å²) in [6.45, 7) is 4.16. The van der Waals surface area contributed by atoms with Crippen molar-refractivity contribution in [3.63, 3.8) is 0 Å². The Morgan fingerprint density at radius 3 is 0.881 bits per heavy atom. The van der Waals surface area contributed by atoms with Crippen LogP contribution in [0.3, 0.4) is 0 Å². The molecule has 0 N–H and O–H groups in total. The molecule has 216 valence electrons. The molecule has 0 heterocycles. The number of benzene rings is 4. The summed E-state index contributed by atoms with van der Waals surface area (Å²) in [6.07, 6.45) is 0. The monoisotopic (exact) mass is 568 g/mol. The van der Waals surface area contributed by atoms with Gasteiger partial charge in [0.15, 0.2) is 0 Å². The van der Waals surface area contributed by atoms with Gasteiger partial charge in [-0.3, -0.25) is 0 Å². The maximum Gasteiger partial charge on any atom is 0.417 e. The van der Waals surface area contributed by atoms with Crippen LogP contribution in [0.5, 0.6) is 0 Å². The summed E-state index contributed by atoms with van der Waals surface area (Å²) in [4.78, 5) is 46.0. The third-order valence-electron chi connectivity index (χ3n) is 5.74. The maximum atomic E-state index is 11.6. The molecule has 8 nitrogen and oxygen atoms in total. The zero-order valence-corrected chi connectivity index (χ0v) is 23.5. The van der Waals surface area contributed by atoms with Crippen LogP contribution >= 0.6 is 0 Å². The maximum absolute atomic E-state index is 11.6. The lowest BCUT2D eigenvalue weighted by atomic mass is 10.2. The molecule has 0 saturated heterocycles. The lowest BCUT2D eigenvalue weighted by molar-refractivity contribution is -0.169. The van der Waals surface area contributed by atoms with Gasteiger partial charge in [-0.15, -0.1) is 0 Å². The Labute approximate surface area is 244 Å². The number of ether oxygens (including phenoxy) is 4. The number of hydrogen-bond donors (Lipinski definition) is 0. The van der Waals surface area contributed by atoms with Crippen molar-refractivity contribution in [2.45, 2.75) is 40.3 Å². The predicted molar refractivity (Wildman–Crippen MR) is 154 cm³/mol. The minimum atomic E-state index is -0.982. The Balaban J connectivity index is 0.000000231. The van der Waals surface area contributed by atoms with Crippen LogP contribution in [0, 0.1) is 13.8 Å². The predicted octanol–water partition coefficient (Wildman–Crippen LogP) is 5.56. The molecule has 4 aromatic carbocycles. The van der Waals surface area contributed by atoms with Crippen LogP contribution in [0.25, 0.3) is 0 Å². The van der Waals surface area contributed by atoms with E-state index in [1.807, 2.05) is 123 Å². The Morgan fingerprint density at radius 2 is 0.619 bits per heavy atom. The summed E-state index contributed by atoms with van der Waals surface area (Å²) in [5.74, 6) is -3.92. The Bertz CT molecular complexity index is 1320. The number of carbonyl (C=O) groups is 4. The molecule has 0 aliphatic rings. The van der Waals surface area contributed by atoms with Gasteiger partial charge in [-0.1, -0.05) is 120 Å². The SMILES string of the molecule is Cc1ccc(COC(=O)C(=O)OCc2ccc(C)cc2)cc1.O=C(OCc1ccccc1)C(=O)OCc1ccccc1. The van der Waals surface area contributed by atoms with Gasteiger partial charge in [0.1, 0.15) is 26.4 Å². The first-order valence-corrected chi connectivity index (χ1v) is 13.2. The van der Waals surface area contributed by atoms with Crippen molar-refractivity contribution in [1.82, 2.24) is 0 Å². The third-order valence-corrected chi connectivity index (χ3v) is 5.74. The molecule has 42 heavy (non-hydrogen) atoms. The summed E-state index contributed by atoms with van der Waals surface area (Å²) in [6, 6.07) is 33.3. The first-order chi connectivity index (χ1) is 20.3. The minimum Gasteiger partial charge on any atom is -0.452 e. The van der Waals surface area contributed by atoms with Gasteiger partial charge in [0, 0.05) is 0 Å². The van der Waals surface area contributed by atoms with Crippen molar-refractivity contribution >= 4 is 23.9 Å². The Morgan fingerprint density at radius 1 is 0.381 bits per heavy atom. The van der Waals surface area contributed by atoms with Crippen LogP contribution in [0.15, 0.2) is 109 Å². The molecular weight excluding hydrogens is 536 g/mol. The average molecular weight is 569 g/mol. The lowest BCUT2D eigenvalue weighted by Crippen LogP contribution is -2.20. The van der Waals surface area contributed by atoms with Crippen LogP contribution in [-0.2, 0) is 64.6 Å². The van der Waals surface area contributed by atoms with Crippen molar-refractivity contribution < 1.29 is 38.1 Å². The molecule has 0 spiro atoms. The second-order valence-corrected chi connectivity index (χ2v) is 9.25. The first kappa shape index (κ1) is 31.3. The molecule has 0 aliphatic carbocycles. The largest absolute Gasteiger partial charge is 0.452 e. The van der Waals surface area contributed by atoms with E-state index in [4.69, 9.17) is 18.9 Å². The van der Waals surface area contributed by atoms with Crippen molar-refractivity contribution in [3.8, 4) is 0 Å². The van der Waals surface area contributed by atoms with Crippen LogP contribution in [0.2, 0.25) is 0 Å². The molecule has 0 fully saturated rings. The standard InChI is InChI=1S/C18H18O4.C16H14O4/c1-13-3-7-15(8-4-13)11-21-17(19)18(20)22-12-16-9-5-14(2)6-10-16;17-15(19-11-13-7-3-1-4-8-13)16(18)20-12-14-9-5-2-6-10-14/h3-10H,11-12H2,1-2H3;1-10H,11-12H2. The summed E-state index contributed by atoms with van der Waals surface area (Å²) < 4.78 is 19.6. The fourth-order valence-electron chi connectivity index (χ4n) is 3.35. The van der Waals surface area contributed by atoms with Gasteiger partial charge in [0.05, 0.1) is 0 Å². The highest BCUT2D eigenvalue weighted by atomic mass is 16.6. The molecule has 0 atom stereocenters. The van der Waals surface area contributed by atoms with E-state index in [2.05, 4.69) is 0 Å². The second kappa shape index (κ2) is 16.8. The van der Waals surface area contributed by atoms with Gasteiger partial charge in [-0.2, -0.15) is 0 Å². The number of rotatable bonds is 8. The number of carbonyl (C=O) groups excluding carboxylic acids is 4. The van der Waals surface area contributed by atoms with Gasteiger partial charge in [-0.05, 0) is 36.1 Å². The first-order valence-electron chi connectivity index (χ1n) is 13.2. The highest BCUT2D eigenvalue weighted by Crippen LogP contribution is 2.07. The van der Waals surface area contributed by atoms with Gasteiger partial charge >= 0.3 is 23.9 Å². The molecule has 4 rings (SSSR count). The minimum absolute atomic E-state index is 0.0543. The summed E-state index contributed by atoms with van der Waals surface area (Å²) in [5.41, 5.74) is 5.52. The van der Waals surface area contributed by atoms with Crippen LogP contribution < -0.4 is 0 Å². The lowest BCUT2D eigenvalue weighted by Gasteiger charge is -2.06. The molecule has 0 aliphatic heterocycles. The highest BCUT2D eigenvalue weighted by Gasteiger charge is 2.18. The highest BCUT2D eigenvalue weighted by molar-refractivity contribution is 6.30. The van der Waals surface area contributed by atoms with Gasteiger partial charge in [0.25, 0.3) is 0 Å². The molecule has 0 bridgehead atoms. The van der Waals surface area contributed by atoms with E-state index in [-0.39, 0.29) is 26.4 Å². The van der Waals surface area contributed by atoms with Crippen molar-refractivity contribution in [3.05, 3.63) is 143 Å². The van der Waals surface area contributed by atoms with E-state index in [0.29, 0.717) is 0 Å². The smallest absolute Gasteiger partial charge is 0.417 e. The van der Waals surface area contributed by atoms with Crippen molar-refractivity contribution in [2.75, 3.05) is 0 Å². The van der Waals surface area contributed by atoms with E-state index in [0.717, 1.165) is 33.4 Å². The van der Waals surface area contributed by atoms with Gasteiger partial charge in [-0.25, -0.2) is 19.2 Å². The molecule has 0 amide bonds. The third kappa shape index (κ3) is 11.5. The summed E-state index contributed by atoms with van der Waals surface area (Å²) in [5, 5.41) is 0. The molecule has 4 aromatic rings. The number of hydrogen-bond acceptors (Lipinski definition) is 8. The molecule has 0 unspecified atom stereocenters. The summed E-state index contributed by atoms with van der Waals surface area (Å²) >= 11 is 0. The van der Waals surface area contributed by atoms with E-state index >= 15 is 0 Å². The molecular formula is C34H32O8. The Kier molecular flexibility index (Phi) is 12.5. The summed E-state index contributed by atoms with van der Waals surface area (Å²) in [7, 11) is 0. The quantitative estimate of drug-likeness (QED) is 0.155. The van der Waals surface area contributed by atoms with Crippen molar-refractivity contribution in [2.24, 2.45) is 0 Å². The normalized spacial score (nSPS) is 9.95. The topological polar surface area (TPSA) is 105 Å². The van der Waals surface area contributed by atoms with Crippen molar-refractivity contribution in [1.29, 1.82) is 0 Å². The fraction of sp³-hybridized carbons (Fsp3) is 0.176. The molecule has 0 aromatic heterocycles. The zero-order chi connectivity index (χ0) is 30.2. The molecule has 0 saturated carbocycles. The molecule has 8 heteroatoms. The van der Waals surface area contributed by atoms with E-state index < -0.39 is 23.9 Å². The van der Waals surface area contributed by atoms with E-state index in [1.54, 1.807) is 0 Å². The fourth-order valence-corrected chi connectivity index (χ4v) is 3.35. The van der Waals surface area contributed by atoms with Crippen LogP contribution in [0.4, 0.5) is 0 Å². The van der Waals surface area contributed by atoms with Crippen LogP contribution in [-0.4, -0.2) is 23.9 Å². The Hall–Kier alpha value is -5.24. The average Bonchev–Trinajstić information content (AvgIpc) is 3.03. The second-order valence-electron chi connectivity index (χ2n) is 9.25. The zero-order valence-electron chi connectivity index (χ0n) is 23.5. The van der Waals surface area contributed by atoms with E-state index in [1.165, 1.54) is 0 Å². The molecule has 0 radical (unpaired) electrons.